The van der Waals surface area contributed by atoms with E-state index in [1.165, 1.54) is 0 Å². The largest absolute Gasteiger partial charge is 0.385 e. The van der Waals surface area contributed by atoms with Gasteiger partial charge in [-0.25, -0.2) is 0 Å². The average molecular weight is 262 g/mol. The second-order valence-corrected chi connectivity index (χ2v) is 4.79. The number of benzene rings is 1. The van der Waals surface area contributed by atoms with Crippen molar-refractivity contribution in [1.29, 1.82) is 0 Å². The fourth-order valence-electron chi connectivity index (χ4n) is 2.25. The normalized spacial score (nSPS) is 29.6. The van der Waals surface area contributed by atoms with Crippen LogP contribution in [0, 0.1) is 0 Å². The van der Waals surface area contributed by atoms with E-state index >= 15 is 0 Å². The lowest BCUT2D eigenvalue weighted by Gasteiger charge is -2.36. The Bertz CT molecular complexity index is 359. The smallest absolute Gasteiger partial charge is 0.0923 e. The minimum atomic E-state index is -0.713. The van der Waals surface area contributed by atoms with Gasteiger partial charge in [-0.3, -0.25) is 0 Å². The summed E-state index contributed by atoms with van der Waals surface area (Å²) in [5, 5.41) is 14.6. The Morgan fingerprint density at radius 2 is 2.25 bits per heavy atom. The highest BCUT2D eigenvalue weighted by atomic mass is 35.5. The highest BCUT2D eigenvalue weighted by Gasteiger charge is 2.34. The van der Waals surface area contributed by atoms with E-state index in [2.05, 4.69) is 12.2 Å². The monoisotopic (exact) mass is 261 g/mol. The van der Waals surface area contributed by atoms with Crippen molar-refractivity contribution in [2.24, 2.45) is 0 Å². The number of halogens is 2. The van der Waals surface area contributed by atoms with Crippen LogP contribution in [0.2, 0.25) is 5.02 Å². The first-order valence-electron chi connectivity index (χ1n) is 5.32. The Balaban J connectivity index is 0.00000128. The number of piperidine rings is 1. The lowest BCUT2D eigenvalue weighted by molar-refractivity contribution is -0.00646. The first kappa shape index (κ1) is 13.8. The minimum Gasteiger partial charge on any atom is -0.385 e. The molecular formula is C12H17Cl2NO. The van der Waals surface area contributed by atoms with Crippen LogP contribution < -0.4 is 5.32 Å². The molecule has 0 amide bonds. The molecule has 0 aromatic heterocycles. The second-order valence-electron chi connectivity index (χ2n) is 4.35. The van der Waals surface area contributed by atoms with Gasteiger partial charge < -0.3 is 10.4 Å². The van der Waals surface area contributed by atoms with E-state index < -0.39 is 5.60 Å². The van der Waals surface area contributed by atoms with Crippen molar-refractivity contribution in [2.75, 3.05) is 6.54 Å². The summed E-state index contributed by atoms with van der Waals surface area (Å²) in [6, 6.07) is 7.88. The predicted octanol–water partition coefficient (Wildman–Crippen LogP) is 2.72. The van der Waals surface area contributed by atoms with E-state index in [1.807, 2.05) is 24.3 Å². The molecule has 0 bridgehead atoms. The Morgan fingerprint density at radius 3 is 2.88 bits per heavy atom. The highest BCUT2D eigenvalue weighted by molar-refractivity contribution is 6.30. The molecule has 90 valence electrons. The molecule has 0 radical (unpaired) electrons. The predicted molar refractivity (Wildman–Crippen MR) is 69.3 cm³/mol. The van der Waals surface area contributed by atoms with Crippen LogP contribution in [0.15, 0.2) is 24.3 Å². The van der Waals surface area contributed by atoms with E-state index in [0.717, 1.165) is 24.9 Å². The number of hydrogen-bond donors (Lipinski definition) is 2. The van der Waals surface area contributed by atoms with Gasteiger partial charge in [-0.15, -0.1) is 12.4 Å². The van der Waals surface area contributed by atoms with Gasteiger partial charge in [-0.1, -0.05) is 23.7 Å². The third kappa shape index (κ3) is 2.89. The quantitative estimate of drug-likeness (QED) is 0.815. The summed E-state index contributed by atoms with van der Waals surface area (Å²) < 4.78 is 0. The summed E-state index contributed by atoms with van der Waals surface area (Å²) in [4.78, 5) is 0. The Hall–Kier alpha value is -0.280. The molecule has 0 unspecified atom stereocenters. The van der Waals surface area contributed by atoms with Gasteiger partial charge in [0.1, 0.15) is 0 Å². The molecule has 1 saturated heterocycles. The summed E-state index contributed by atoms with van der Waals surface area (Å²) in [6.07, 6.45) is 1.49. The summed E-state index contributed by atoms with van der Waals surface area (Å²) in [5.41, 5.74) is 0.221. The van der Waals surface area contributed by atoms with E-state index in [0.29, 0.717) is 11.1 Å². The number of rotatable bonds is 1. The molecule has 1 aliphatic heterocycles. The fraction of sp³-hybridized carbons (Fsp3) is 0.500. The third-order valence-electron chi connectivity index (χ3n) is 3.04. The van der Waals surface area contributed by atoms with Crippen LogP contribution in [-0.4, -0.2) is 17.7 Å². The van der Waals surface area contributed by atoms with Crippen molar-refractivity contribution in [2.45, 2.75) is 31.4 Å². The van der Waals surface area contributed by atoms with Crippen molar-refractivity contribution < 1.29 is 5.11 Å². The molecule has 1 aromatic carbocycles. The average Bonchev–Trinajstić information content (AvgIpc) is 2.17. The van der Waals surface area contributed by atoms with Gasteiger partial charge in [-0.05, 0) is 44.0 Å². The van der Waals surface area contributed by atoms with Crippen molar-refractivity contribution in [3.05, 3.63) is 34.9 Å². The van der Waals surface area contributed by atoms with Gasteiger partial charge in [0.15, 0.2) is 0 Å². The molecule has 1 aromatic rings. The zero-order valence-electron chi connectivity index (χ0n) is 9.24. The van der Waals surface area contributed by atoms with Gasteiger partial charge in [0.2, 0.25) is 0 Å². The van der Waals surface area contributed by atoms with Gasteiger partial charge >= 0.3 is 0 Å². The Labute approximate surface area is 107 Å². The second kappa shape index (κ2) is 5.37. The van der Waals surface area contributed by atoms with Gasteiger partial charge in [-0.2, -0.15) is 0 Å². The van der Waals surface area contributed by atoms with Crippen molar-refractivity contribution in [1.82, 2.24) is 5.32 Å². The Morgan fingerprint density at radius 1 is 1.50 bits per heavy atom. The molecule has 2 nitrogen and oxygen atoms in total. The molecule has 2 rings (SSSR count). The molecular weight excluding hydrogens is 245 g/mol. The van der Waals surface area contributed by atoms with E-state index in [9.17, 15) is 5.11 Å². The van der Waals surface area contributed by atoms with Gasteiger partial charge in [0.05, 0.1) is 5.60 Å². The third-order valence-corrected chi connectivity index (χ3v) is 3.27. The maximum atomic E-state index is 10.5. The van der Waals surface area contributed by atoms with Crippen LogP contribution >= 0.6 is 24.0 Å². The first-order valence-corrected chi connectivity index (χ1v) is 5.70. The highest BCUT2D eigenvalue weighted by Crippen LogP contribution is 2.33. The molecule has 16 heavy (non-hydrogen) atoms. The van der Waals surface area contributed by atoms with Crippen molar-refractivity contribution >= 4 is 24.0 Å². The first-order chi connectivity index (χ1) is 7.10. The van der Waals surface area contributed by atoms with Crippen LogP contribution in [-0.2, 0) is 5.60 Å². The molecule has 4 heteroatoms. The molecule has 1 fully saturated rings. The van der Waals surface area contributed by atoms with Gasteiger partial charge in [0, 0.05) is 11.1 Å². The zero-order valence-corrected chi connectivity index (χ0v) is 10.8. The summed E-state index contributed by atoms with van der Waals surface area (Å²) >= 11 is 5.94. The summed E-state index contributed by atoms with van der Waals surface area (Å²) in [5.74, 6) is 0. The topological polar surface area (TPSA) is 32.3 Å². The number of nitrogens with one attached hydrogen (secondary N) is 1. The molecule has 0 spiro atoms. The molecule has 2 N–H and O–H groups in total. The molecule has 0 aliphatic carbocycles. The van der Waals surface area contributed by atoms with E-state index in [4.69, 9.17) is 11.6 Å². The molecule has 2 atom stereocenters. The number of hydrogen-bond acceptors (Lipinski definition) is 2. The maximum absolute atomic E-state index is 10.5. The minimum absolute atomic E-state index is 0. The van der Waals surface area contributed by atoms with Crippen LogP contribution in [0.1, 0.15) is 25.3 Å². The SMILES string of the molecule is C[C@H]1C[C@@](O)(c2cccc(Cl)c2)CCN1.Cl. The zero-order chi connectivity index (χ0) is 10.9. The van der Waals surface area contributed by atoms with Crippen molar-refractivity contribution in [3.63, 3.8) is 0 Å². The fourth-order valence-corrected chi connectivity index (χ4v) is 2.44. The Kier molecular flexibility index (Phi) is 4.62. The lowest BCUT2D eigenvalue weighted by Crippen LogP contribution is -2.44. The van der Waals surface area contributed by atoms with E-state index in [-0.39, 0.29) is 12.4 Å². The molecule has 0 saturated carbocycles. The van der Waals surface area contributed by atoms with Crippen LogP contribution in [0.4, 0.5) is 0 Å². The standard InChI is InChI=1S/C12H16ClNO.ClH/c1-9-8-12(15,5-6-14-9)10-3-2-4-11(13)7-10;/h2-4,7,9,14-15H,5-6,8H2,1H3;1H/t9-,12+;/m0./s1. The summed E-state index contributed by atoms with van der Waals surface area (Å²) in [7, 11) is 0. The molecule has 1 aliphatic rings. The lowest BCUT2D eigenvalue weighted by atomic mass is 9.82. The van der Waals surface area contributed by atoms with Crippen LogP contribution in [0.25, 0.3) is 0 Å². The molecule has 1 heterocycles. The van der Waals surface area contributed by atoms with Gasteiger partial charge in [0.25, 0.3) is 0 Å². The summed E-state index contributed by atoms with van der Waals surface area (Å²) in [6.45, 7) is 2.94. The van der Waals surface area contributed by atoms with Crippen molar-refractivity contribution in [3.8, 4) is 0 Å². The van der Waals surface area contributed by atoms with Crippen LogP contribution in [0.3, 0.4) is 0 Å². The number of aliphatic hydroxyl groups is 1. The van der Waals surface area contributed by atoms with E-state index in [1.54, 1.807) is 0 Å². The van der Waals surface area contributed by atoms with Crippen LogP contribution in [0.5, 0.6) is 0 Å². The maximum Gasteiger partial charge on any atom is 0.0923 e.